The Bertz CT molecular complexity index is 180. The average molecular weight is 172 g/mol. The highest BCUT2D eigenvalue weighted by Crippen LogP contribution is 2.01. The van der Waals surface area contributed by atoms with Crippen LogP contribution in [0.3, 0.4) is 0 Å². The normalized spacial score (nSPS) is 14.7. The van der Waals surface area contributed by atoms with Crippen molar-refractivity contribution in [3.8, 4) is 0 Å². The van der Waals surface area contributed by atoms with E-state index >= 15 is 0 Å². The van der Waals surface area contributed by atoms with Crippen molar-refractivity contribution in [3.63, 3.8) is 0 Å². The summed E-state index contributed by atoms with van der Waals surface area (Å²) in [6, 6.07) is -0.123. The fourth-order valence-corrected chi connectivity index (χ4v) is 0.900. The monoisotopic (exact) mass is 172 g/mol. The lowest BCUT2D eigenvalue weighted by Crippen LogP contribution is -2.42. The minimum atomic E-state index is -0.195. The van der Waals surface area contributed by atoms with Gasteiger partial charge in [0, 0.05) is 20.0 Å². The number of hydrogen-bond donors (Lipinski definition) is 2. The summed E-state index contributed by atoms with van der Waals surface area (Å²) in [5.74, 6) is -0.367. The van der Waals surface area contributed by atoms with Gasteiger partial charge in [0.1, 0.15) is 0 Å². The van der Waals surface area contributed by atoms with Crippen molar-refractivity contribution < 1.29 is 9.59 Å². The summed E-state index contributed by atoms with van der Waals surface area (Å²) in [6.45, 7) is 5.02. The molecule has 4 heteroatoms. The summed E-state index contributed by atoms with van der Waals surface area (Å²) < 4.78 is 0. The van der Waals surface area contributed by atoms with Gasteiger partial charge in [0.2, 0.25) is 11.8 Å². The Morgan fingerprint density at radius 2 is 1.75 bits per heavy atom. The third-order valence-electron chi connectivity index (χ3n) is 1.84. The first kappa shape index (κ1) is 10.9. The van der Waals surface area contributed by atoms with Crippen molar-refractivity contribution in [2.45, 2.75) is 26.8 Å². The maximum absolute atomic E-state index is 11.1. The van der Waals surface area contributed by atoms with Gasteiger partial charge in [-0.15, -0.1) is 0 Å². The summed E-state index contributed by atoms with van der Waals surface area (Å²) in [6.07, 6.45) is 0. The number of hydrogen-bond acceptors (Lipinski definition) is 2. The molecule has 0 aliphatic rings. The first-order valence-corrected chi connectivity index (χ1v) is 3.97. The zero-order valence-electron chi connectivity index (χ0n) is 7.97. The van der Waals surface area contributed by atoms with Crippen molar-refractivity contribution in [1.82, 2.24) is 10.6 Å². The molecule has 0 rings (SSSR count). The van der Waals surface area contributed by atoms with E-state index in [0.717, 1.165) is 0 Å². The number of nitrogens with one attached hydrogen (secondary N) is 2. The number of carbonyl (C=O) groups excluding carboxylic acids is 2. The van der Waals surface area contributed by atoms with Gasteiger partial charge in [0.25, 0.3) is 0 Å². The van der Waals surface area contributed by atoms with Crippen molar-refractivity contribution in [2.24, 2.45) is 5.92 Å². The van der Waals surface area contributed by atoms with Gasteiger partial charge in [0.15, 0.2) is 0 Å². The van der Waals surface area contributed by atoms with Crippen LogP contribution in [0.5, 0.6) is 0 Å². The lowest BCUT2D eigenvalue weighted by atomic mass is 10.0. The van der Waals surface area contributed by atoms with Crippen LogP contribution in [0.15, 0.2) is 0 Å². The zero-order chi connectivity index (χ0) is 9.72. The minimum Gasteiger partial charge on any atom is -0.359 e. The SMILES string of the molecule is CNC(=O)C(C)C(C)NC(C)=O. The summed E-state index contributed by atoms with van der Waals surface area (Å²) in [7, 11) is 1.58. The highest BCUT2D eigenvalue weighted by molar-refractivity contribution is 5.80. The average Bonchev–Trinajstić information content (AvgIpc) is 2.00. The maximum atomic E-state index is 11.1. The first-order valence-electron chi connectivity index (χ1n) is 3.97. The molecule has 2 amide bonds. The van der Waals surface area contributed by atoms with Crippen LogP contribution in [0.1, 0.15) is 20.8 Å². The van der Waals surface area contributed by atoms with Crippen LogP contribution in [0.25, 0.3) is 0 Å². The topological polar surface area (TPSA) is 58.2 Å². The predicted molar refractivity (Wildman–Crippen MR) is 46.5 cm³/mol. The fourth-order valence-electron chi connectivity index (χ4n) is 0.900. The van der Waals surface area contributed by atoms with Crippen molar-refractivity contribution in [1.29, 1.82) is 0 Å². The molecule has 0 fully saturated rings. The molecule has 0 aliphatic carbocycles. The first-order chi connectivity index (χ1) is 5.49. The van der Waals surface area contributed by atoms with E-state index in [0.29, 0.717) is 0 Å². The Hall–Kier alpha value is -1.06. The van der Waals surface area contributed by atoms with Crippen LogP contribution in [0.2, 0.25) is 0 Å². The van der Waals surface area contributed by atoms with Gasteiger partial charge in [-0.05, 0) is 6.92 Å². The van der Waals surface area contributed by atoms with Crippen molar-refractivity contribution in [3.05, 3.63) is 0 Å². The molecule has 2 N–H and O–H groups in total. The van der Waals surface area contributed by atoms with E-state index in [2.05, 4.69) is 10.6 Å². The second-order valence-electron chi connectivity index (χ2n) is 2.89. The molecular formula is C8H16N2O2. The molecule has 12 heavy (non-hydrogen) atoms. The van der Waals surface area contributed by atoms with Crippen LogP contribution in [0, 0.1) is 5.92 Å². The molecule has 2 atom stereocenters. The van der Waals surface area contributed by atoms with Crippen LogP contribution in [-0.2, 0) is 9.59 Å². The summed E-state index contributed by atoms with van der Waals surface area (Å²) in [4.78, 5) is 21.7. The third-order valence-corrected chi connectivity index (χ3v) is 1.84. The Labute approximate surface area is 72.7 Å². The molecular weight excluding hydrogens is 156 g/mol. The Balaban J connectivity index is 4.00. The number of carbonyl (C=O) groups is 2. The second-order valence-corrected chi connectivity index (χ2v) is 2.89. The van der Waals surface area contributed by atoms with Gasteiger partial charge in [0.05, 0.1) is 5.92 Å². The summed E-state index contributed by atoms with van der Waals surface area (Å²) in [5, 5.41) is 5.19. The molecule has 0 saturated carbocycles. The van der Waals surface area contributed by atoms with E-state index in [1.165, 1.54) is 6.92 Å². The highest BCUT2D eigenvalue weighted by atomic mass is 16.2. The minimum absolute atomic E-state index is 0.0590. The molecule has 4 nitrogen and oxygen atoms in total. The molecule has 0 aromatic heterocycles. The quantitative estimate of drug-likeness (QED) is 0.624. The van der Waals surface area contributed by atoms with Crippen LogP contribution in [0.4, 0.5) is 0 Å². The predicted octanol–water partition coefficient (Wildman–Crippen LogP) is -0.107. The maximum Gasteiger partial charge on any atom is 0.224 e. The van der Waals surface area contributed by atoms with E-state index in [1.54, 1.807) is 20.9 Å². The molecule has 0 spiro atoms. The van der Waals surface area contributed by atoms with Crippen molar-refractivity contribution in [2.75, 3.05) is 7.05 Å². The summed E-state index contributed by atoms with van der Waals surface area (Å²) >= 11 is 0. The Kier molecular flexibility index (Phi) is 4.33. The molecule has 70 valence electrons. The number of amides is 2. The molecule has 0 aromatic carbocycles. The van der Waals surface area contributed by atoms with E-state index in [9.17, 15) is 9.59 Å². The van der Waals surface area contributed by atoms with Gasteiger partial charge < -0.3 is 10.6 Å². The molecule has 2 unspecified atom stereocenters. The molecule has 0 aliphatic heterocycles. The van der Waals surface area contributed by atoms with Crippen molar-refractivity contribution >= 4 is 11.8 Å². The third kappa shape index (κ3) is 3.37. The smallest absolute Gasteiger partial charge is 0.224 e. The second kappa shape index (κ2) is 4.74. The number of rotatable bonds is 3. The lowest BCUT2D eigenvalue weighted by molar-refractivity contribution is -0.125. The van der Waals surface area contributed by atoms with Gasteiger partial charge in [-0.2, -0.15) is 0 Å². The largest absolute Gasteiger partial charge is 0.359 e. The van der Waals surface area contributed by atoms with Gasteiger partial charge in [-0.25, -0.2) is 0 Å². The van der Waals surface area contributed by atoms with Crippen LogP contribution < -0.4 is 10.6 Å². The molecule has 0 heterocycles. The van der Waals surface area contributed by atoms with Crippen LogP contribution in [-0.4, -0.2) is 24.9 Å². The van der Waals surface area contributed by atoms with E-state index in [4.69, 9.17) is 0 Å². The Morgan fingerprint density at radius 1 is 1.25 bits per heavy atom. The molecule has 0 aromatic rings. The standard InChI is InChI=1S/C8H16N2O2/c1-5(8(12)9-4)6(2)10-7(3)11/h5-6H,1-4H3,(H,9,12)(H,10,11). The van der Waals surface area contributed by atoms with E-state index in [-0.39, 0.29) is 23.8 Å². The molecule has 0 bridgehead atoms. The van der Waals surface area contributed by atoms with Gasteiger partial charge >= 0.3 is 0 Å². The van der Waals surface area contributed by atoms with E-state index < -0.39 is 0 Å². The van der Waals surface area contributed by atoms with Gasteiger partial charge in [-0.3, -0.25) is 9.59 Å². The molecule has 0 saturated heterocycles. The van der Waals surface area contributed by atoms with Crippen LogP contribution >= 0.6 is 0 Å². The Morgan fingerprint density at radius 3 is 2.08 bits per heavy atom. The lowest BCUT2D eigenvalue weighted by Gasteiger charge is -2.18. The van der Waals surface area contributed by atoms with E-state index in [1.807, 2.05) is 0 Å². The zero-order valence-corrected chi connectivity index (χ0v) is 7.97. The van der Waals surface area contributed by atoms with Gasteiger partial charge in [-0.1, -0.05) is 6.92 Å². The fraction of sp³-hybridized carbons (Fsp3) is 0.750. The molecule has 0 radical (unpaired) electrons. The highest BCUT2D eigenvalue weighted by Gasteiger charge is 2.19. The summed E-state index contributed by atoms with van der Waals surface area (Å²) in [5.41, 5.74) is 0.